The lowest BCUT2D eigenvalue weighted by molar-refractivity contribution is -0.161. The maximum Gasteiger partial charge on any atom is 0.306 e. The van der Waals surface area contributed by atoms with Crippen LogP contribution in [0.5, 0.6) is 0 Å². The Morgan fingerprint density at radius 1 is 0.566 bits per heavy atom. The monoisotopic (exact) mass is 747 g/mol. The van der Waals surface area contributed by atoms with E-state index in [1.807, 2.05) is 19.1 Å². The Hall–Kier alpha value is -2.52. The van der Waals surface area contributed by atoms with Crippen molar-refractivity contribution in [1.29, 1.82) is 0 Å². The fourth-order valence-corrected chi connectivity index (χ4v) is 5.84. The first-order valence-electron chi connectivity index (χ1n) is 21.2. The molecule has 0 rings (SSSR count). The highest BCUT2D eigenvalue weighted by Gasteiger charge is 2.18. The van der Waals surface area contributed by atoms with Crippen molar-refractivity contribution in [2.24, 2.45) is 0 Å². The molecular formula is C45H78O8. The van der Waals surface area contributed by atoms with Crippen LogP contribution in [-0.4, -0.2) is 70.0 Å². The standard InChI is InChI=1S/C45H78O8/c1-3-5-7-8-9-10-11-12-13-14-15-16-17-18-19-20-21-26-30-36-44(50)52-39-41(38-46)53-45(51)37-31-35-43(49)42(48)34-29-25-23-22-24-28-33-40(47)32-27-6-4-2/h6,22-25,27-29,33-34,40-43,46-49H,3-5,7-21,26,30-32,35-39H2,1-2H3/b24-22+,25-23-,27-6-,33-28+,34-29-/t40-,41-,42+,43+/m0/s1. The maximum absolute atomic E-state index is 12.2. The van der Waals surface area contributed by atoms with Crippen LogP contribution in [0.15, 0.2) is 60.8 Å². The molecule has 0 aliphatic heterocycles. The fourth-order valence-electron chi connectivity index (χ4n) is 5.84. The van der Waals surface area contributed by atoms with E-state index in [4.69, 9.17) is 9.47 Å². The minimum absolute atomic E-state index is 0.000891. The van der Waals surface area contributed by atoms with Crippen LogP contribution >= 0.6 is 0 Å². The van der Waals surface area contributed by atoms with Gasteiger partial charge in [-0.25, -0.2) is 0 Å². The summed E-state index contributed by atoms with van der Waals surface area (Å²) in [6.07, 6.45) is 40.9. The molecule has 53 heavy (non-hydrogen) atoms. The first-order valence-corrected chi connectivity index (χ1v) is 21.2. The Balaban J connectivity index is 3.84. The Kier molecular flexibility index (Phi) is 37.3. The van der Waals surface area contributed by atoms with Crippen LogP contribution < -0.4 is 0 Å². The van der Waals surface area contributed by atoms with E-state index in [0.717, 1.165) is 25.7 Å². The molecule has 0 saturated carbocycles. The van der Waals surface area contributed by atoms with Gasteiger partial charge in [0.1, 0.15) is 6.61 Å². The third-order valence-electron chi connectivity index (χ3n) is 9.17. The zero-order valence-electron chi connectivity index (χ0n) is 33.6. The summed E-state index contributed by atoms with van der Waals surface area (Å²) in [5.41, 5.74) is 0. The van der Waals surface area contributed by atoms with E-state index in [0.29, 0.717) is 12.8 Å². The van der Waals surface area contributed by atoms with Crippen molar-refractivity contribution in [3.63, 3.8) is 0 Å². The van der Waals surface area contributed by atoms with E-state index in [-0.39, 0.29) is 31.8 Å². The molecule has 0 spiro atoms. The van der Waals surface area contributed by atoms with Crippen molar-refractivity contribution >= 4 is 11.9 Å². The van der Waals surface area contributed by atoms with Gasteiger partial charge >= 0.3 is 11.9 Å². The second-order valence-electron chi connectivity index (χ2n) is 14.3. The lowest BCUT2D eigenvalue weighted by Gasteiger charge is -2.17. The first kappa shape index (κ1) is 50.5. The highest BCUT2D eigenvalue weighted by Crippen LogP contribution is 2.15. The minimum atomic E-state index is -1.09. The SMILES string of the molecule is CC/C=C\C[C@H](O)/C=C/C=C/C=C\C=C/[C@@H](O)[C@H](O)CCCC(=O)O[C@@H](CO)COC(=O)CCCCCCCCCCCCCCCCCCCCC. The van der Waals surface area contributed by atoms with E-state index >= 15 is 0 Å². The molecule has 0 bridgehead atoms. The van der Waals surface area contributed by atoms with Crippen molar-refractivity contribution in [2.75, 3.05) is 13.2 Å². The largest absolute Gasteiger partial charge is 0.462 e. The highest BCUT2D eigenvalue weighted by atomic mass is 16.6. The predicted molar refractivity (Wildman–Crippen MR) is 218 cm³/mol. The number of unbranched alkanes of at least 4 members (excludes halogenated alkanes) is 18. The molecule has 0 aromatic heterocycles. The Morgan fingerprint density at radius 2 is 1.04 bits per heavy atom. The summed E-state index contributed by atoms with van der Waals surface area (Å²) in [7, 11) is 0. The van der Waals surface area contributed by atoms with Crippen LogP contribution in [0, 0.1) is 0 Å². The summed E-state index contributed by atoms with van der Waals surface area (Å²) in [6, 6.07) is 0. The molecule has 4 N–H and O–H groups in total. The van der Waals surface area contributed by atoms with Crippen molar-refractivity contribution in [2.45, 2.75) is 199 Å². The van der Waals surface area contributed by atoms with E-state index in [1.54, 1.807) is 42.5 Å². The molecule has 306 valence electrons. The molecule has 0 aliphatic rings. The van der Waals surface area contributed by atoms with Crippen LogP contribution in [0.3, 0.4) is 0 Å². The van der Waals surface area contributed by atoms with Gasteiger partial charge in [0.05, 0.1) is 24.9 Å². The number of carbonyl (C=O) groups is 2. The van der Waals surface area contributed by atoms with Gasteiger partial charge in [0.25, 0.3) is 0 Å². The summed E-state index contributed by atoms with van der Waals surface area (Å²) in [4.78, 5) is 24.3. The molecular weight excluding hydrogens is 668 g/mol. The average Bonchev–Trinajstić information content (AvgIpc) is 3.15. The van der Waals surface area contributed by atoms with E-state index in [2.05, 4.69) is 6.92 Å². The van der Waals surface area contributed by atoms with Crippen LogP contribution in [-0.2, 0) is 19.1 Å². The number of rotatable bonds is 37. The first-order chi connectivity index (χ1) is 25.8. The Morgan fingerprint density at radius 3 is 1.55 bits per heavy atom. The molecule has 0 radical (unpaired) electrons. The molecule has 0 aromatic rings. The second kappa shape index (κ2) is 39.2. The number of allylic oxidation sites excluding steroid dienone is 7. The predicted octanol–water partition coefficient (Wildman–Crippen LogP) is 10.1. The van der Waals surface area contributed by atoms with Gasteiger partial charge in [0, 0.05) is 12.8 Å². The van der Waals surface area contributed by atoms with Gasteiger partial charge in [-0.1, -0.05) is 190 Å². The number of hydrogen-bond acceptors (Lipinski definition) is 8. The van der Waals surface area contributed by atoms with Crippen molar-refractivity contribution in [3.8, 4) is 0 Å². The van der Waals surface area contributed by atoms with Crippen molar-refractivity contribution in [3.05, 3.63) is 60.8 Å². The van der Waals surface area contributed by atoms with Gasteiger partial charge in [-0.3, -0.25) is 9.59 Å². The highest BCUT2D eigenvalue weighted by molar-refractivity contribution is 5.70. The van der Waals surface area contributed by atoms with Crippen molar-refractivity contribution < 1.29 is 39.5 Å². The molecule has 4 atom stereocenters. The summed E-state index contributed by atoms with van der Waals surface area (Å²) < 4.78 is 10.5. The van der Waals surface area contributed by atoms with Crippen molar-refractivity contribution in [1.82, 2.24) is 0 Å². The number of aliphatic hydroxyl groups excluding tert-OH is 4. The van der Waals surface area contributed by atoms with E-state index in [9.17, 15) is 30.0 Å². The molecule has 0 heterocycles. The van der Waals surface area contributed by atoms with Crippen LogP contribution in [0.25, 0.3) is 0 Å². The molecule has 8 nitrogen and oxygen atoms in total. The van der Waals surface area contributed by atoms with Crippen LogP contribution in [0.1, 0.15) is 174 Å². The lowest BCUT2D eigenvalue weighted by Crippen LogP contribution is -2.29. The number of esters is 2. The average molecular weight is 747 g/mol. The van der Waals surface area contributed by atoms with Gasteiger partial charge < -0.3 is 29.9 Å². The van der Waals surface area contributed by atoms with E-state index in [1.165, 1.54) is 109 Å². The van der Waals surface area contributed by atoms with Crippen LogP contribution in [0.4, 0.5) is 0 Å². The smallest absolute Gasteiger partial charge is 0.306 e. The molecule has 0 fully saturated rings. The minimum Gasteiger partial charge on any atom is -0.462 e. The molecule has 0 amide bonds. The number of aliphatic hydroxyl groups is 4. The normalized spacial score (nSPS) is 14.6. The van der Waals surface area contributed by atoms with Gasteiger partial charge in [-0.05, 0) is 32.1 Å². The molecule has 0 saturated heterocycles. The Bertz CT molecular complexity index is 985. The van der Waals surface area contributed by atoms with E-state index < -0.39 is 37.0 Å². The Labute approximate surface area is 323 Å². The summed E-state index contributed by atoms with van der Waals surface area (Å²) in [5, 5.41) is 39.7. The summed E-state index contributed by atoms with van der Waals surface area (Å²) in [6.45, 7) is 3.67. The number of ether oxygens (including phenoxy) is 2. The van der Waals surface area contributed by atoms with Crippen LogP contribution in [0.2, 0.25) is 0 Å². The number of hydrogen-bond donors (Lipinski definition) is 4. The molecule has 0 unspecified atom stereocenters. The quantitative estimate of drug-likeness (QED) is 0.0214. The second-order valence-corrected chi connectivity index (χ2v) is 14.3. The molecule has 0 aliphatic carbocycles. The maximum atomic E-state index is 12.2. The van der Waals surface area contributed by atoms with Gasteiger partial charge in [0.15, 0.2) is 6.10 Å². The number of carbonyl (C=O) groups excluding carboxylic acids is 2. The molecule has 0 aromatic carbocycles. The summed E-state index contributed by atoms with van der Waals surface area (Å²) >= 11 is 0. The zero-order chi connectivity index (χ0) is 39.0. The van der Waals surface area contributed by atoms with Gasteiger partial charge in [-0.2, -0.15) is 0 Å². The fraction of sp³-hybridized carbons (Fsp3) is 0.733. The summed E-state index contributed by atoms with van der Waals surface area (Å²) in [5.74, 6) is -0.921. The van der Waals surface area contributed by atoms with Gasteiger partial charge in [-0.15, -0.1) is 0 Å². The topological polar surface area (TPSA) is 134 Å². The third-order valence-corrected chi connectivity index (χ3v) is 9.17. The van der Waals surface area contributed by atoms with Gasteiger partial charge in [0.2, 0.25) is 0 Å². The molecule has 8 heteroatoms. The zero-order valence-corrected chi connectivity index (χ0v) is 33.6. The third kappa shape index (κ3) is 36.2. The lowest BCUT2D eigenvalue weighted by atomic mass is 10.0.